The molecule has 4 nitrogen and oxygen atoms in total. The summed E-state index contributed by atoms with van der Waals surface area (Å²) in [5.74, 6) is 0.613. The van der Waals surface area contributed by atoms with Gasteiger partial charge in [-0.15, -0.1) is 11.3 Å². The molecule has 1 aromatic carbocycles. The van der Waals surface area contributed by atoms with Crippen LogP contribution in [-0.4, -0.2) is 33.9 Å². The zero-order valence-corrected chi connectivity index (χ0v) is 14.6. The second-order valence-corrected chi connectivity index (χ2v) is 7.79. The van der Waals surface area contributed by atoms with E-state index in [1.54, 1.807) is 11.3 Å². The Bertz CT molecular complexity index is 866. The number of H-pyrrole nitrogens is 1. The number of aromatic nitrogens is 2. The van der Waals surface area contributed by atoms with Crippen molar-refractivity contribution in [2.45, 2.75) is 32.1 Å². The molecule has 0 spiro atoms. The van der Waals surface area contributed by atoms with Crippen molar-refractivity contribution in [3.63, 3.8) is 0 Å². The summed E-state index contributed by atoms with van der Waals surface area (Å²) in [7, 11) is 0. The van der Waals surface area contributed by atoms with Crippen LogP contribution in [0.25, 0.3) is 10.9 Å². The third kappa shape index (κ3) is 2.96. The SMILES string of the molecule is Cc1cnc([C@H]2CCCN(C(=O)Cc3c[nH]c4ccccc34)C2)s1. The molecule has 24 heavy (non-hydrogen) atoms. The predicted octanol–water partition coefficient (Wildman–Crippen LogP) is 3.88. The molecule has 1 fully saturated rings. The smallest absolute Gasteiger partial charge is 0.227 e. The second kappa shape index (κ2) is 6.40. The predicted molar refractivity (Wildman–Crippen MR) is 97.4 cm³/mol. The van der Waals surface area contributed by atoms with E-state index < -0.39 is 0 Å². The van der Waals surface area contributed by atoms with Crippen molar-refractivity contribution in [3.8, 4) is 0 Å². The van der Waals surface area contributed by atoms with E-state index in [2.05, 4.69) is 23.0 Å². The Balaban J connectivity index is 1.48. The lowest BCUT2D eigenvalue weighted by molar-refractivity contribution is -0.131. The molecule has 4 rings (SSSR count). The van der Waals surface area contributed by atoms with E-state index >= 15 is 0 Å². The van der Waals surface area contributed by atoms with Gasteiger partial charge in [-0.1, -0.05) is 18.2 Å². The first-order valence-electron chi connectivity index (χ1n) is 8.46. The molecular weight excluding hydrogens is 318 g/mol. The van der Waals surface area contributed by atoms with E-state index in [1.807, 2.05) is 35.5 Å². The number of benzene rings is 1. The summed E-state index contributed by atoms with van der Waals surface area (Å²) >= 11 is 1.76. The van der Waals surface area contributed by atoms with Crippen LogP contribution in [0.15, 0.2) is 36.7 Å². The lowest BCUT2D eigenvalue weighted by atomic mass is 9.98. The number of aryl methyl sites for hydroxylation is 1. The summed E-state index contributed by atoms with van der Waals surface area (Å²) in [4.78, 5) is 23.8. The Morgan fingerprint density at radius 1 is 1.42 bits per heavy atom. The molecule has 1 aliphatic heterocycles. The monoisotopic (exact) mass is 339 g/mol. The van der Waals surface area contributed by atoms with Crippen LogP contribution in [-0.2, 0) is 11.2 Å². The van der Waals surface area contributed by atoms with Crippen LogP contribution >= 0.6 is 11.3 Å². The van der Waals surface area contributed by atoms with Crippen LogP contribution < -0.4 is 0 Å². The Morgan fingerprint density at radius 3 is 3.12 bits per heavy atom. The molecule has 1 aliphatic rings. The first-order valence-corrected chi connectivity index (χ1v) is 9.27. The fourth-order valence-electron chi connectivity index (χ4n) is 3.52. The normalized spacial score (nSPS) is 18.2. The topological polar surface area (TPSA) is 49.0 Å². The minimum Gasteiger partial charge on any atom is -0.361 e. The number of likely N-dealkylation sites (tertiary alicyclic amines) is 1. The fourth-order valence-corrected chi connectivity index (χ4v) is 4.42. The maximum Gasteiger partial charge on any atom is 0.227 e. The number of piperidine rings is 1. The van der Waals surface area contributed by atoms with Crippen molar-refractivity contribution < 1.29 is 4.79 Å². The van der Waals surface area contributed by atoms with Gasteiger partial charge >= 0.3 is 0 Å². The summed E-state index contributed by atoms with van der Waals surface area (Å²) < 4.78 is 0. The number of carbonyl (C=O) groups excluding carboxylic acids is 1. The summed E-state index contributed by atoms with van der Waals surface area (Å²) in [5.41, 5.74) is 2.18. The zero-order chi connectivity index (χ0) is 16.5. The number of fused-ring (bicyclic) bond motifs is 1. The van der Waals surface area contributed by atoms with Crippen LogP contribution in [0.3, 0.4) is 0 Å². The van der Waals surface area contributed by atoms with Gasteiger partial charge in [0, 0.05) is 47.2 Å². The van der Waals surface area contributed by atoms with Crippen LogP contribution in [0.4, 0.5) is 0 Å². The first-order chi connectivity index (χ1) is 11.7. The van der Waals surface area contributed by atoms with E-state index in [-0.39, 0.29) is 5.91 Å². The van der Waals surface area contributed by atoms with Gasteiger partial charge in [-0.05, 0) is 31.4 Å². The molecule has 1 N–H and O–H groups in total. The summed E-state index contributed by atoms with van der Waals surface area (Å²) in [5, 5.41) is 2.33. The quantitative estimate of drug-likeness (QED) is 0.787. The average Bonchev–Trinajstić information content (AvgIpc) is 3.22. The van der Waals surface area contributed by atoms with Crippen LogP contribution in [0, 0.1) is 6.92 Å². The molecule has 1 amide bonds. The third-order valence-electron chi connectivity index (χ3n) is 4.78. The molecule has 124 valence electrons. The minimum absolute atomic E-state index is 0.220. The largest absolute Gasteiger partial charge is 0.361 e. The Morgan fingerprint density at radius 2 is 2.29 bits per heavy atom. The number of carbonyl (C=O) groups is 1. The standard InChI is InChI=1S/C19H21N3OS/c1-13-10-21-19(24-13)14-5-4-8-22(12-14)18(23)9-15-11-20-17-7-3-2-6-16(15)17/h2-3,6-7,10-11,14,20H,4-5,8-9,12H2,1H3/t14-/m0/s1. The van der Waals surface area contributed by atoms with E-state index in [9.17, 15) is 4.79 Å². The molecule has 5 heteroatoms. The molecule has 2 aromatic heterocycles. The highest BCUT2D eigenvalue weighted by atomic mass is 32.1. The van der Waals surface area contributed by atoms with E-state index in [0.29, 0.717) is 12.3 Å². The number of para-hydroxylation sites is 1. The molecule has 0 saturated carbocycles. The van der Waals surface area contributed by atoms with Gasteiger partial charge in [-0.25, -0.2) is 4.98 Å². The number of nitrogens with one attached hydrogen (secondary N) is 1. The second-order valence-electron chi connectivity index (χ2n) is 6.52. The number of thiazole rings is 1. The Kier molecular flexibility index (Phi) is 4.10. The average molecular weight is 339 g/mol. The molecule has 0 aliphatic carbocycles. The molecular formula is C19H21N3OS. The Labute approximate surface area is 145 Å². The lowest BCUT2D eigenvalue weighted by Crippen LogP contribution is -2.39. The van der Waals surface area contributed by atoms with E-state index in [4.69, 9.17) is 0 Å². The maximum atomic E-state index is 12.8. The van der Waals surface area contributed by atoms with Gasteiger partial charge in [0.25, 0.3) is 0 Å². The summed E-state index contributed by atoms with van der Waals surface area (Å²) in [6.45, 7) is 3.75. The third-order valence-corrected chi connectivity index (χ3v) is 5.85. The zero-order valence-electron chi connectivity index (χ0n) is 13.8. The number of rotatable bonds is 3. The van der Waals surface area contributed by atoms with Gasteiger partial charge < -0.3 is 9.88 Å². The van der Waals surface area contributed by atoms with Crippen LogP contribution in [0.2, 0.25) is 0 Å². The van der Waals surface area contributed by atoms with Gasteiger partial charge in [-0.2, -0.15) is 0 Å². The van der Waals surface area contributed by atoms with Crippen molar-refractivity contribution in [1.29, 1.82) is 0 Å². The number of amides is 1. The highest BCUT2D eigenvalue weighted by Crippen LogP contribution is 2.30. The molecule has 0 radical (unpaired) electrons. The van der Waals surface area contributed by atoms with E-state index in [0.717, 1.165) is 42.4 Å². The van der Waals surface area contributed by atoms with Gasteiger partial charge in [0.15, 0.2) is 0 Å². The number of aromatic amines is 1. The van der Waals surface area contributed by atoms with E-state index in [1.165, 1.54) is 9.88 Å². The van der Waals surface area contributed by atoms with Crippen LogP contribution in [0.1, 0.15) is 34.2 Å². The fraction of sp³-hybridized carbons (Fsp3) is 0.368. The van der Waals surface area contributed by atoms with Gasteiger partial charge in [0.2, 0.25) is 5.91 Å². The summed E-state index contributed by atoms with van der Waals surface area (Å²) in [6, 6.07) is 8.15. The number of hydrogen-bond acceptors (Lipinski definition) is 3. The van der Waals surface area contributed by atoms with Crippen molar-refractivity contribution in [2.75, 3.05) is 13.1 Å². The number of nitrogens with zero attached hydrogens (tertiary/aromatic N) is 2. The molecule has 1 saturated heterocycles. The van der Waals surface area contributed by atoms with Gasteiger partial charge in [-0.3, -0.25) is 4.79 Å². The maximum absolute atomic E-state index is 12.8. The first kappa shape index (κ1) is 15.4. The molecule has 1 atom stereocenters. The highest BCUT2D eigenvalue weighted by molar-refractivity contribution is 7.11. The lowest BCUT2D eigenvalue weighted by Gasteiger charge is -2.32. The van der Waals surface area contributed by atoms with Crippen molar-refractivity contribution in [2.24, 2.45) is 0 Å². The highest BCUT2D eigenvalue weighted by Gasteiger charge is 2.26. The van der Waals surface area contributed by atoms with Gasteiger partial charge in [0.1, 0.15) is 0 Å². The van der Waals surface area contributed by atoms with Crippen molar-refractivity contribution in [1.82, 2.24) is 14.9 Å². The molecule has 0 bridgehead atoms. The van der Waals surface area contributed by atoms with Crippen LogP contribution in [0.5, 0.6) is 0 Å². The van der Waals surface area contributed by atoms with Crippen molar-refractivity contribution in [3.05, 3.63) is 52.1 Å². The summed E-state index contributed by atoms with van der Waals surface area (Å²) in [6.07, 6.45) is 6.56. The molecule has 3 aromatic rings. The van der Waals surface area contributed by atoms with Gasteiger partial charge in [0.05, 0.1) is 11.4 Å². The minimum atomic E-state index is 0.220. The molecule has 3 heterocycles. The molecule has 0 unspecified atom stereocenters. The van der Waals surface area contributed by atoms with Crippen molar-refractivity contribution >= 4 is 28.1 Å². The Hall–Kier alpha value is -2.14. The number of hydrogen-bond donors (Lipinski definition) is 1.